The van der Waals surface area contributed by atoms with Crippen LogP contribution < -0.4 is 5.32 Å². The maximum absolute atomic E-state index is 12.0. The van der Waals surface area contributed by atoms with Gasteiger partial charge in [0.05, 0.1) is 19.8 Å². The van der Waals surface area contributed by atoms with Gasteiger partial charge in [-0.15, -0.1) is 0 Å². The molecule has 1 aromatic rings. The van der Waals surface area contributed by atoms with Gasteiger partial charge >= 0.3 is 0 Å². The van der Waals surface area contributed by atoms with E-state index in [0.29, 0.717) is 11.3 Å². The summed E-state index contributed by atoms with van der Waals surface area (Å²) in [5, 5.41) is 11.9. The number of carbonyl (C=O) groups excluding carboxylic acids is 2. The standard InChI is InChI=1S/C13H15NO4/c1-9(16)10-3-2-4-11(5-10)14-12(17)13(6-15)7-18-8-13/h2-5,15H,6-8H2,1H3,(H,14,17). The number of hydrogen-bond acceptors (Lipinski definition) is 4. The summed E-state index contributed by atoms with van der Waals surface area (Å²) in [7, 11) is 0. The smallest absolute Gasteiger partial charge is 0.237 e. The minimum atomic E-state index is -0.841. The molecular formula is C13H15NO4. The topological polar surface area (TPSA) is 75.6 Å². The van der Waals surface area contributed by atoms with E-state index in [1.165, 1.54) is 6.92 Å². The van der Waals surface area contributed by atoms with Crippen molar-refractivity contribution in [3.05, 3.63) is 29.8 Å². The van der Waals surface area contributed by atoms with Crippen LogP contribution in [-0.2, 0) is 9.53 Å². The van der Waals surface area contributed by atoms with Gasteiger partial charge < -0.3 is 15.2 Å². The molecule has 2 N–H and O–H groups in total. The fourth-order valence-electron chi connectivity index (χ4n) is 1.72. The average Bonchev–Trinajstić information content (AvgIpc) is 2.28. The molecule has 1 aliphatic heterocycles. The van der Waals surface area contributed by atoms with Crippen molar-refractivity contribution in [2.45, 2.75) is 6.92 Å². The quantitative estimate of drug-likeness (QED) is 0.775. The van der Waals surface area contributed by atoms with Gasteiger partial charge in [-0.25, -0.2) is 0 Å². The van der Waals surface area contributed by atoms with Crippen molar-refractivity contribution >= 4 is 17.4 Å². The fourth-order valence-corrected chi connectivity index (χ4v) is 1.72. The van der Waals surface area contributed by atoms with Crippen molar-refractivity contribution in [3.63, 3.8) is 0 Å². The predicted octanol–water partition coefficient (Wildman–Crippen LogP) is 0.837. The maximum Gasteiger partial charge on any atom is 0.237 e. The van der Waals surface area contributed by atoms with Crippen LogP contribution in [0.1, 0.15) is 17.3 Å². The second-order valence-electron chi connectivity index (χ2n) is 4.52. The molecule has 0 atom stereocenters. The van der Waals surface area contributed by atoms with Crippen LogP contribution in [0.2, 0.25) is 0 Å². The van der Waals surface area contributed by atoms with E-state index < -0.39 is 5.41 Å². The monoisotopic (exact) mass is 249 g/mol. The van der Waals surface area contributed by atoms with Crippen molar-refractivity contribution in [1.29, 1.82) is 0 Å². The second-order valence-corrected chi connectivity index (χ2v) is 4.52. The van der Waals surface area contributed by atoms with Crippen LogP contribution in [0.5, 0.6) is 0 Å². The molecule has 0 aromatic heterocycles. The van der Waals surface area contributed by atoms with Gasteiger partial charge in [-0.05, 0) is 19.1 Å². The Hall–Kier alpha value is -1.72. The Bertz CT molecular complexity index is 474. The zero-order chi connectivity index (χ0) is 13.2. The SMILES string of the molecule is CC(=O)c1cccc(NC(=O)C2(CO)COC2)c1. The molecule has 0 aliphatic carbocycles. The summed E-state index contributed by atoms with van der Waals surface area (Å²) in [6.07, 6.45) is 0. The molecule has 0 unspecified atom stereocenters. The molecule has 1 saturated heterocycles. The molecule has 0 bridgehead atoms. The van der Waals surface area contributed by atoms with Crippen LogP contribution in [0.4, 0.5) is 5.69 Å². The molecule has 1 amide bonds. The maximum atomic E-state index is 12.0. The summed E-state index contributed by atoms with van der Waals surface area (Å²) in [6, 6.07) is 6.71. The minimum absolute atomic E-state index is 0.0602. The Morgan fingerprint density at radius 2 is 2.17 bits per heavy atom. The molecule has 0 spiro atoms. The molecule has 1 fully saturated rings. The molecule has 0 saturated carbocycles. The largest absolute Gasteiger partial charge is 0.395 e. The number of Topliss-reactive ketones (excluding diaryl/α,β-unsaturated/α-hetero) is 1. The molecule has 0 radical (unpaired) electrons. The van der Waals surface area contributed by atoms with Crippen LogP contribution in [0.15, 0.2) is 24.3 Å². The van der Waals surface area contributed by atoms with Crippen molar-refractivity contribution < 1.29 is 19.4 Å². The highest BCUT2D eigenvalue weighted by Crippen LogP contribution is 2.28. The van der Waals surface area contributed by atoms with Crippen LogP contribution in [0, 0.1) is 5.41 Å². The Balaban J connectivity index is 2.12. The molecule has 18 heavy (non-hydrogen) atoms. The first-order valence-electron chi connectivity index (χ1n) is 5.68. The van der Waals surface area contributed by atoms with E-state index in [9.17, 15) is 14.7 Å². The van der Waals surface area contributed by atoms with E-state index in [2.05, 4.69) is 5.32 Å². The van der Waals surface area contributed by atoms with Gasteiger partial charge in [-0.2, -0.15) is 0 Å². The van der Waals surface area contributed by atoms with Crippen molar-refractivity contribution in [2.75, 3.05) is 25.1 Å². The highest BCUT2D eigenvalue weighted by Gasteiger charge is 2.45. The van der Waals surface area contributed by atoms with E-state index in [1.54, 1.807) is 24.3 Å². The van der Waals surface area contributed by atoms with Crippen LogP contribution in [0.25, 0.3) is 0 Å². The number of hydrogen-bond donors (Lipinski definition) is 2. The number of amides is 1. The first kappa shape index (κ1) is 12.7. The summed E-state index contributed by atoms with van der Waals surface area (Å²) in [4.78, 5) is 23.2. The minimum Gasteiger partial charge on any atom is -0.395 e. The van der Waals surface area contributed by atoms with Gasteiger partial charge in [0.1, 0.15) is 5.41 Å². The summed E-state index contributed by atoms with van der Waals surface area (Å²) in [6.45, 7) is 1.67. The number of nitrogens with one attached hydrogen (secondary N) is 1. The lowest BCUT2D eigenvalue weighted by Gasteiger charge is -2.38. The number of ether oxygens (including phenoxy) is 1. The number of anilines is 1. The third kappa shape index (κ3) is 2.27. The number of aliphatic hydroxyl groups is 1. The Kier molecular flexibility index (Phi) is 3.45. The van der Waals surface area contributed by atoms with E-state index in [4.69, 9.17) is 4.74 Å². The van der Waals surface area contributed by atoms with Crippen molar-refractivity contribution in [2.24, 2.45) is 5.41 Å². The molecule has 1 aromatic carbocycles. The first-order valence-corrected chi connectivity index (χ1v) is 5.68. The van der Waals surface area contributed by atoms with Gasteiger partial charge in [0.2, 0.25) is 5.91 Å². The Morgan fingerprint density at radius 3 is 2.67 bits per heavy atom. The van der Waals surface area contributed by atoms with Gasteiger partial charge in [0.25, 0.3) is 0 Å². The van der Waals surface area contributed by atoms with E-state index >= 15 is 0 Å². The lowest BCUT2D eigenvalue weighted by Crippen LogP contribution is -2.54. The molecule has 2 rings (SSSR count). The summed E-state index contributed by atoms with van der Waals surface area (Å²) < 4.78 is 4.97. The van der Waals surface area contributed by atoms with Gasteiger partial charge in [-0.1, -0.05) is 12.1 Å². The molecule has 1 aliphatic rings. The highest BCUT2D eigenvalue weighted by atomic mass is 16.5. The van der Waals surface area contributed by atoms with Crippen LogP contribution in [0.3, 0.4) is 0 Å². The third-order valence-electron chi connectivity index (χ3n) is 3.07. The lowest BCUT2D eigenvalue weighted by atomic mass is 9.86. The Labute approximate surface area is 105 Å². The van der Waals surface area contributed by atoms with Crippen LogP contribution >= 0.6 is 0 Å². The number of aliphatic hydroxyl groups excluding tert-OH is 1. The number of ketones is 1. The molecule has 5 nitrogen and oxygen atoms in total. The summed E-state index contributed by atoms with van der Waals surface area (Å²) in [5.41, 5.74) is 0.245. The molecule has 5 heteroatoms. The van der Waals surface area contributed by atoms with Gasteiger partial charge in [-0.3, -0.25) is 9.59 Å². The number of rotatable bonds is 4. The van der Waals surface area contributed by atoms with Crippen molar-refractivity contribution in [3.8, 4) is 0 Å². The van der Waals surface area contributed by atoms with Crippen molar-refractivity contribution in [1.82, 2.24) is 0 Å². The normalized spacial score (nSPS) is 16.8. The summed E-state index contributed by atoms with van der Waals surface area (Å²) in [5.74, 6) is -0.341. The van der Waals surface area contributed by atoms with E-state index in [0.717, 1.165) is 0 Å². The fraction of sp³-hybridized carbons (Fsp3) is 0.385. The number of benzene rings is 1. The molecule has 96 valence electrons. The lowest BCUT2D eigenvalue weighted by molar-refractivity contribution is -0.164. The van der Waals surface area contributed by atoms with E-state index in [-0.39, 0.29) is 31.5 Å². The molecular weight excluding hydrogens is 234 g/mol. The first-order chi connectivity index (χ1) is 8.57. The zero-order valence-electron chi connectivity index (χ0n) is 10.1. The van der Waals surface area contributed by atoms with Gasteiger partial charge in [0, 0.05) is 11.3 Å². The second kappa shape index (κ2) is 4.88. The van der Waals surface area contributed by atoms with Gasteiger partial charge in [0.15, 0.2) is 5.78 Å². The predicted molar refractivity (Wildman–Crippen MR) is 65.4 cm³/mol. The third-order valence-corrected chi connectivity index (χ3v) is 3.07. The number of carbonyl (C=O) groups is 2. The highest BCUT2D eigenvalue weighted by molar-refractivity contribution is 5.99. The van der Waals surface area contributed by atoms with Crippen LogP contribution in [-0.4, -0.2) is 36.6 Å². The average molecular weight is 249 g/mol. The summed E-state index contributed by atoms with van der Waals surface area (Å²) >= 11 is 0. The van der Waals surface area contributed by atoms with E-state index in [1.807, 2.05) is 0 Å². The Morgan fingerprint density at radius 1 is 1.44 bits per heavy atom. The zero-order valence-corrected chi connectivity index (χ0v) is 10.1. The molecule has 1 heterocycles.